The van der Waals surface area contributed by atoms with Crippen LogP contribution in [-0.4, -0.2) is 29.7 Å². The smallest absolute Gasteiger partial charge is 0.0681 e. The van der Waals surface area contributed by atoms with Gasteiger partial charge in [0.25, 0.3) is 0 Å². The highest BCUT2D eigenvalue weighted by Gasteiger charge is 2.11. The van der Waals surface area contributed by atoms with Gasteiger partial charge in [0.1, 0.15) is 0 Å². The number of hydrogen-bond donors (Lipinski definition) is 1. The van der Waals surface area contributed by atoms with E-state index in [-0.39, 0.29) is 6.61 Å². The molecular weight excluding hydrogens is 218 g/mol. The Morgan fingerprint density at radius 3 is 2.94 bits per heavy atom. The number of rotatable bonds is 2. The van der Waals surface area contributed by atoms with Crippen molar-refractivity contribution in [3.8, 4) is 0 Å². The number of nitrogens with zero attached hydrogens (tertiary/aromatic N) is 1. The predicted octanol–water partition coefficient (Wildman–Crippen LogP) is 2.43. The zero-order valence-corrected chi connectivity index (χ0v) is 10.6. The second-order valence-corrected chi connectivity index (χ2v) is 5.46. The minimum Gasteiger partial charge on any atom is -0.392 e. The lowest BCUT2D eigenvalue weighted by molar-refractivity contribution is 0.282. The van der Waals surface area contributed by atoms with Gasteiger partial charge in [-0.05, 0) is 36.3 Å². The zero-order chi connectivity index (χ0) is 11.4. The van der Waals surface area contributed by atoms with Gasteiger partial charge in [-0.15, -0.1) is 0 Å². The van der Waals surface area contributed by atoms with Gasteiger partial charge in [-0.25, -0.2) is 0 Å². The zero-order valence-electron chi connectivity index (χ0n) is 9.78. The molecule has 1 fully saturated rings. The Kier molecular flexibility index (Phi) is 4.13. The van der Waals surface area contributed by atoms with Crippen molar-refractivity contribution in [1.82, 2.24) is 0 Å². The van der Waals surface area contributed by atoms with Crippen LogP contribution in [0.25, 0.3) is 0 Å². The van der Waals surface area contributed by atoms with Crippen LogP contribution in [-0.2, 0) is 6.61 Å². The van der Waals surface area contributed by atoms with Crippen LogP contribution in [0.15, 0.2) is 18.2 Å². The molecule has 0 atom stereocenters. The lowest BCUT2D eigenvalue weighted by Crippen LogP contribution is -2.26. The van der Waals surface area contributed by atoms with Gasteiger partial charge in [-0.3, -0.25) is 0 Å². The highest BCUT2D eigenvalue weighted by molar-refractivity contribution is 7.99. The standard InChI is InChI=1S/C13H19NOS/c1-11-9-12(10-15)3-4-13(11)14-5-2-7-16-8-6-14/h3-4,9,15H,2,5-8,10H2,1H3. The Hall–Kier alpha value is -0.670. The molecule has 3 heteroatoms. The molecule has 0 bridgehead atoms. The van der Waals surface area contributed by atoms with Gasteiger partial charge >= 0.3 is 0 Å². The summed E-state index contributed by atoms with van der Waals surface area (Å²) in [5, 5.41) is 9.09. The summed E-state index contributed by atoms with van der Waals surface area (Å²) < 4.78 is 0. The molecule has 16 heavy (non-hydrogen) atoms. The molecule has 0 unspecified atom stereocenters. The third-order valence-electron chi connectivity index (χ3n) is 3.01. The number of aliphatic hydroxyl groups is 1. The topological polar surface area (TPSA) is 23.5 Å². The maximum Gasteiger partial charge on any atom is 0.0681 e. The van der Waals surface area contributed by atoms with Crippen molar-refractivity contribution in [3.05, 3.63) is 29.3 Å². The van der Waals surface area contributed by atoms with Gasteiger partial charge in [0, 0.05) is 24.5 Å². The molecule has 0 radical (unpaired) electrons. The molecule has 0 aromatic heterocycles. The van der Waals surface area contributed by atoms with E-state index in [0.29, 0.717) is 0 Å². The maximum absolute atomic E-state index is 9.09. The van der Waals surface area contributed by atoms with E-state index < -0.39 is 0 Å². The van der Waals surface area contributed by atoms with Crippen molar-refractivity contribution in [2.75, 3.05) is 29.5 Å². The first kappa shape index (κ1) is 11.8. The average molecular weight is 237 g/mol. The quantitative estimate of drug-likeness (QED) is 0.854. The van der Waals surface area contributed by atoms with Crippen molar-refractivity contribution in [3.63, 3.8) is 0 Å². The lowest BCUT2D eigenvalue weighted by atomic mass is 10.1. The van der Waals surface area contributed by atoms with E-state index >= 15 is 0 Å². The molecule has 0 amide bonds. The van der Waals surface area contributed by atoms with Crippen LogP contribution in [0.5, 0.6) is 0 Å². The molecule has 1 N–H and O–H groups in total. The molecule has 0 spiro atoms. The number of hydrogen-bond acceptors (Lipinski definition) is 3. The van der Waals surface area contributed by atoms with Crippen LogP contribution < -0.4 is 4.90 Å². The molecule has 88 valence electrons. The molecule has 2 nitrogen and oxygen atoms in total. The predicted molar refractivity (Wildman–Crippen MR) is 71.3 cm³/mol. The Morgan fingerprint density at radius 1 is 1.31 bits per heavy atom. The van der Waals surface area contributed by atoms with E-state index in [1.165, 1.54) is 29.2 Å². The second kappa shape index (κ2) is 5.60. The highest BCUT2D eigenvalue weighted by atomic mass is 32.2. The second-order valence-electron chi connectivity index (χ2n) is 4.23. The van der Waals surface area contributed by atoms with E-state index in [0.717, 1.165) is 18.7 Å². The van der Waals surface area contributed by atoms with Gasteiger partial charge in [0.2, 0.25) is 0 Å². The largest absolute Gasteiger partial charge is 0.392 e. The Balaban J connectivity index is 2.18. The van der Waals surface area contributed by atoms with Crippen molar-refractivity contribution < 1.29 is 5.11 Å². The molecule has 0 saturated carbocycles. The summed E-state index contributed by atoms with van der Waals surface area (Å²) in [7, 11) is 0. The van der Waals surface area contributed by atoms with E-state index in [4.69, 9.17) is 5.11 Å². The summed E-state index contributed by atoms with van der Waals surface area (Å²) in [6.07, 6.45) is 1.27. The SMILES string of the molecule is Cc1cc(CO)ccc1N1CCCSCC1. The molecule has 1 aliphatic rings. The maximum atomic E-state index is 9.09. The third-order valence-corrected chi connectivity index (χ3v) is 4.06. The number of anilines is 1. The van der Waals surface area contributed by atoms with Crippen LogP contribution in [0.3, 0.4) is 0 Å². The molecule has 1 aromatic rings. The van der Waals surface area contributed by atoms with Crippen molar-refractivity contribution in [1.29, 1.82) is 0 Å². The molecule has 1 aliphatic heterocycles. The third kappa shape index (κ3) is 2.71. The van der Waals surface area contributed by atoms with Crippen molar-refractivity contribution in [2.45, 2.75) is 20.0 Å². The summed E-state index contributed by atoms with van der Waals surface area (Å²) in [5.74, 6) is 2.51. The Bertz CT molecular complexity index is 346. The highest BCUT2D eigenvalue weighted by Crippen LogP contribution is 2.24. The number of benzene rings is 1. The number of aryl methyl sites for hydroxylation is 1. The minimum absolute atomic E-state index is 0.136. The van der Waals surface area contributed by atoms with Crippen LogP contribution in [0, 0.1) is 6.92 Å². The summed E-state index contributed by atoms with van der Waals surface area (Å²) >= 11 is 2.05. The van der Waals surface area contributed by atoms with Crippen molar-refractivity contribution >= 4 is 17.4 Å². The minimum atomic E-state index is 0.136. The fourth-order valence-electron chi connectivity index (χ4n) is 2.16. The van der Waals surface area contributed by atoms with E-state index in [1.807, 2.05) is 17.8 Å². The summed E-state index contributed by atoms with van der Waals surface area (Å²) in [6, 6.07) is 6.27. The van der Waals surface area contributed by atoms with Gasteiger partial charge in [-0.1, -0.05) is 12.1 Å². The fraction of sp³-hybridized carbons (Fsp3) is 0.538. The van der Waals surface area contributed by atoms with E-state index in [1.54, 1.807) is 0 Å². The van der Waals surface area contributed by atoms with E-state index in [2.05, 4.69) is 24.0 Å². The summed E-state index contributed by atoms with van der Waals surface area (Å²) in [5.41, 5.74) is 3.61. The summed E-state index contributed by atoms with van der Waals surface area (Å²) in [6.45, 7) is 4.57. The van der Waals surface area contributed by atoms with Gasteiger partial charge in [0.05, 0.1) is 6.61 Å². The number of thioether (sulfide) groups is 1. The molecule has 2 rings (SSSR count). The fourth-order valence-corrected chi connectivity index (χ4v) is 3.04. The van der Waals surface area contributed by atoms with Crippen LogP contribution in [0.1, 0.15) is 17.5 Å². The monoisotopic (exact) mass is 237 g/mol. The average Bonchev–Trinajstić information content (AvgIpc) is 2.57. The normalized spacial score (nSPS) is 17.2. The molecule has 1 saturated heterocycles. The Morgan fingerprint density at radius 2 is 2.19 bits per heavy atom. The molecule has 1 heterocycles. The first-order chi connectivity index (χ1) is 7.81. The van der Waals surface area contributed by atoms with Crippen LogP contribution in [0.4, 0.5) is 5.69 Å². The molecular formula is C13H19NOS. The first-order valence-corrected chi connectivity index (χ1v) is 7.00. The van der Waals surface area contributed by atoms with E-state index in [9.17, 15) is 0 Å². The van der Waals surface area contributed by atoms with Crippen molar-refractivity contribution in [2.24, 2.45) is 0 Å². The summed E-state index contributed by atoms with van der Waals surface area (Å²) in [4.78, 5) is 2.47. The Labute approximate surface area is 102 Å². The lowest BCUT2D eigenvalue weighted by Gasteiger charge is -2.24. The van der Waals surface area contributed by atoms with Crippen LogP contribution in [0.2, 0.25) is 0 Å². The van der Waals surface area contributed by atoms with Gasteiger partial charge in [-0.2, -0.15) is 11.8 Å². The number of aliphatic hydroxyl groups excluding tert-OH is 1. The van der Waals surface area contributed by atoms with Gasteiger partial charge in [0.15, 0.2) is 0 Å². The first-order valence-electron chi connectivity index (χ1n) is 5.84. The van der Waals surface area contributed by atoms with Gasteiger partial charge < -0.3 is 10.0 Å². The van der Waals surface area contributed by atoms with Crippen LogP contribution >= 0.6 is 11.8 Å². The molecule has 1 aromatic carbocycles. The molecule has 0 aliphatic carbocycles.